The topological polar surface area (TPSA) is 207 Å². The third-order valence-corrected chi connectivity index (χ3v) is 14.0. The number of hydrogen-bond donors (Lipinski definition) is 5. The van der Waals surface area contributed by atoms with Crippen LogP contribution in [0, 0.1) is 12.8 Å². The maximum Gasteiger partial charge on any atom is 0.262 e. The van der Waals surface area contributed by atoms with Gasteiger partial charge in [-0.2, -0.15) is 4.98 Å². The van der Waals surface area contributed by atoms with Gasteiger partial charge in [0.15, 0.2) is 0 Å². The van der Waals surface area contributed by atoms with Crippen molar-refractivity contribution < 1.29 is 32.3 Å². The molecule has 344 valence electrons. The van der Waals surface area contributed by atoms with Crippen molar-refractivity contribution in [2.24, 2.45) is 5.92 Å². The first-order valence-corrected chi connectivity index (χ1v) is 23.9. The molecule has 4 aromatic rings. The first-order chi connectivity index (χ1) is 31.1. The number of aromatic nitrogens is 2. The fourth-order valence-electron chi connectivity index (χ4n) is 8.81. The minimum atomic E-state index is -3.70. The number of amides is 4. The van der Waals surface area contributed by atoms with Crippen molar-refractivity contribution in [3.05, 3.63) is 89.6 Å². The van der Waals surface area contributed by atoms with Gasteiger partial charge in [-0.15, -0.1) is 0 Å². The standard InChI is InChI=1S/C47H58N10O7S/c1-30-27-49-46(53-42(30)50-33-7-5-9-37(25-33)65(62,63)54-47(2,3)4)51-32-10-13-36(14-11-32)64-24-23-55-21-18-31(19-22-55)28-48-34-8-6-20-56(29-34)35-12-15-38-39(26-35)45(61)57(44(38)60)40-16-17-41(58)52-43(40)59/h5,7,9-15,25-27,31,34,40,48,54H,6,8,16-24,28-29H2,1-4H3,(H,52,58,59)(H2,49,50,51,53)/t34-,40?/m1/s1. The maximum atomic E-state index is 13.4. The van der Waals surface area contributed by atoms with E-state index in [0.29, 0.717) is 47.1 Å². The zero-order valence-corrected chi connectivity index (χ0v) is 38.2. The monoisotopic (exact) mass is 906 g/mol. The molecule has 18 heteroatoms. The lowest BCUT2D eigenvalue weighted by Gasteiger charge is -2.37. The molecule has 4 aliphatic rings. The fourth-order valence-corrected chi connectivity index (χ4v) is 10.3. The van der Waals surface area contributed by atoms with Crippen LogP contribution in [0.25, 0.3) is 0 Å². The second-order valence-electron chi connectivity index (χ2n) is 18.4. The van der Waals surface area contributed by atoms with Crippen molar-refractivity contribution in [3.8, 4) is 5.75 Å². The SMILES string of the molecule is Cc1cnc(Nc2ccc(OCCN3CCC(CN[C@@H]4CCCN(c5ccc6c(c5)C(=O)N(C5CCC(=O)NC5=O)C6=O)C4)CC3)cc2)nc1Nc1cccc(S(=O)(=O)NC(C)(C)C)c1. The Kier molecular flexibility index (Phi) is 13.5. The summed E-state index contributed by atoms with van der Waals surface area (Å²) < 4.78 is 34.6. The number of piperidine rings is 3. The number of nitrogens with zero attached hydrogens (tertiary/aromatic N) is 5. The van der Waals surface area contributed by atoms with E-state index in [0.717, 1.165) is 92.5 Å². The van der Waals surface area contributed by atoms with Crippen molar-refractivity contribution in [2.75, 3.05) is 61.4 Å². The number of aryl methyl sites for hydroxylation is 1. The number of likely N-dealkylation sites (tertiary alicyclic amines) is 1. The molecule has 1 aromatic heterocycles. The Bertz CT molecular complexity index is 2540. The van der Waals surface area contributed by atoms with Gasteiger partial charge < -0.3 is 25.6 Å². The van der Waals surface area contributed by atoms with Gasteiger partial charge in [-0.25, -0.2) is 18.1 Å². The van der Waals surface area contributed by atoms with Crippen molar-refractivity contribution in [3.63, 3.8) is 0 Å². The van der Waals surface area contributed by atoms with Crippen molar-refractivity contribution in [1.82, 2.24) is 35.1 Å². The predicted molar refractivity (Wildman–Crippen MR) is 247 cm³/mol. The lowest BCUT2D eigenvalue weighted by molar-refractivity contribution is -0.136. The van der Waals surface area contributed by atoms with Crippen molar-refractivity contribution in [1.29, 1.82) is 0 Å². The second-order valence-corrected chi connectivity index (χ2v) is 20.1. The summed E-state index contributed by atoms with van der Waals surface area (Å²) in [7, 11) is -3.70. The zero-order valence-electron chi connectivity index (χ0n) is 37.4. The summed E-state index contributed by atoms with van der Waals surface area (Å²) in [5.41, 5.74) is 3.05. The van der Waals surface area contributed by atoms with E-state index < -0.39 is 45.2 Å². The predicted octanol–water partition coefficient (Wildman–Crippen LogP) is 5.10. The van der Waals surface area contributed by atoms with E-state index in [4.69, 9.17) is 4.74 Å². The van der Waals surface area contributed by atoms with Crippen LogP contribution in [-0.2, 0) is 19.6 Å². The molecule has 3 saturated heterocycles. The largest absolute Gasteiger partial charge is 0.492 e. The Hall–Kier alpha value is -5.95. The molecule has 4 amide bonds. The first-order valence-electron chi connectivity index (χ1n) is 22.4. The molecule has 0 saturated carbocycles. The number of fused-ring (bicyclic) bond motifs is 1. The number of nitrogens with one attached hydrogen (secondary N) is 5. The Balaban J connectivity index is 0.748. The van der Waals surface area contributed by atoms with Gasteiger partial charge in [0.25, 0.3) is 11.8 Å². The molecular weight excluding hydrogens is 849 g/mol. The molecule has 3 fully saturated rings. The van der Waals surface area contributed by atoms with E-state index in [1.807, 2.05) is 37.3 Å². The summed E-state index contributed by atoms with van der Waals surface area (Å²) in [5, 5.41) is 12.6. The quantitative estimate of drug-likeness (QED) is 0.0985. The van der Waals surface area contributed by atoms with Crippen LogP contribution in [-0.4, -0.2) is 115 Å². The number of sulfonamides is 1. The fraction of sp³-hybridized carbons (Fsp3) is 0.447. The molecule has 5 N–H and O–H groups in total. The van der Waals surface area contributed by atoms with Crippen molar-refractivity contribution >= 4 is 62.5 Å². The maximum absolute atomic E-state index is 13.4. The Morgan fingerprint density at radius 2 is 1.63 bits per heavy atom. The third-order valence-electron chi connectivity index (χ3n) is 12.2. The number of imide groups is 2. The number of rotatable bonds is 15. The lowest BCUT2D eigenvalue weighted by atomic mass is 9.95. The highest BCUT2D eigenvalue weighted by atomic mass is 32.2. The molecule has 2 atom stereocenters. The first kappa shape index (κ1) is 45.6. The number of anilines is 5. The third kappa shape index (κ3) is 11.1. The number of hydrogen-bond acceptors (Lipinski definition) is 14. The molecule has 0 aliphatic carbocycles. The van der Waals surface area contributed by atoms with Crippen LogP contribution in [0.5, 0.6) is 5.75 Å². The molecule has 17 nitrogen and oxygen atoms in total. The molecule has 1 unspecified atom stereocenters. The van der Waals surface area contributed by atoms with Crippen molar-refractivity contribution in [2.45, 2.75) is 88.7 Å². The average molecular weight is 907 g/mol. The molecule has 4 aliphatic heterocycles. The Morgan fingerprint density at radius 1 is 0.862 bits per heavy atom. The Labute approximate surface area is 380 Å². The summed E-state index contributed by atoms with van der Waals surface area (Å²) in [6.45, 7) is 13.3. The van der Waals surface area contributed by atoms with E-state index in [-0.39, 0.29) is 17.7 Å². The highest BCUT2D eigenvalue weighted by Gasteiger charge is 2.45. The van der Waals surface area contributed by atoms with E-state index in [1.165, 1.54) is 0 Å². The highest BCUT2D eigenvalue weighted by Crippen LogP contribution is 2.32. The Morgan fingerprint density at radius 3 is 2.38 bits per heavy atom. The van der Waals surface area contributed by atoms with Crippen LogP contribution in [0.3, 0.4) is 0 Å². The normalized spacial score (nSPS) is 19.9. The summed E-state index contributed by atoms with van der Waals surface area (Å²) in [4.78, 5) is 65.7. The molecule has 5 heterocycles. The lowest BCUT2D eigenvalue weighted by Crippen LogP contribution is -2.54. The van der Waals surface area contributed by atoms with Gasteiger partial charge in [0.2, 0.25) is 27.8 Å². The van der Waals surface area contributed by atoms with Crippen LogP contribution in [0.2, 0.25) is 0 Å². The zero-order chi connectivity index (χ0) is 45.9. The van der Waals surface area contributed by atoms with Gasteiger partial charge in [0, 0.05) is 66.5 Å². The number of carbonyl (C=O) groups excluding carboxylic acids is 4. The number of ether oxygens (including phenoxy) is 1. The summed E-state index contributed by atoms with van der Waals surface area (Å²) >= 11 is 0. The van der Waals surface area contributed by atoms with Gasteiger partial charge in [0.1, 0.15) is 24.2 Å². The summed E-state index contributed by atoms with van der Waals surface area (Å²) in [6, 6.07) is 19.0. The highest BCUT2D eigenvalue weighted by molar-refractivity contribution is 7.89. The van der Waals surface area contributed by atoms with Gasteiger partial charge in [-0.1, -0.05) is 6.07 Å². The number of carbonyl (C=O) groups is 4. The van der Waals surface area contributed by atoms with Gasteiger partial charge >= 0.3 is 0 Å². The minimum Gasteiger partial charge on any atom is -0.492 e. The molecule has 65 heavy (non-hydrogen) atoms. The molecule has 0 bridgehead atoms. The molecule has 0 radical (unpaired) electrons. The van der Waals surface area contributed by atoms with E-state index >= 15 is 0 Å². The van der Waals surface area contributed by atoms with Gasteiger partial charge in [-0.3, -0.25) is 34.3 Å². The van der Waals surface area contributed by atoms with Crippen LogP contribution in [0.15, 0.2) is 77.8 Å². The number of benzene rings is 3. The van der Waals surface area contributed by atoms with E-state index in [2.05, 4.69) is 45.8 Å². The molecular formula is C47H58N10O7S. The summed E-state index contributed by atoms with van der Waals surface area (Å²) in [5.74, 6) is 0.320. The van der Waals surface area contributed by atoms with Crippen LogP contribution in [0.4, 0.5) is 28.8 Å². The summed E-state index contributed by atoms with van der Waals surface area (Å²) in [6.07, 6.45) is 6.22. The van der Waals surface area contributed by atoms with Gasteiger partial charge in [-0.05, 0) is 146 Å². The molecule has 3 aromatic carbocycles. The van der Waals surface area contributed by atoms with E-state index in [9.17, 15) is 27.6 Å². The molecule has 0 spiro atoms. The van der Waals surface area contributed by atoms with Crippen LogP contribution < -0.4 is 35.6 Å². The van der Waals surface area contributed by atoms with Crippen LogP contribution in [0.1, 0.15) is 85.6 Å². The average Bonchev–Trinajstić information content (AvgIpc) is 3.52. The molecule has 8 rings (SSSR count). The van der Waals surface area contributed by atoms with E-state index in [1.54, 1.807) is 63.4 Å². The second kappa shape index (κ2) is 19.3. The smallest absolute Gasteiger partial charge is 0.262 e. The van der Waals surface area contributed by atoms with Crippen LogP contribution >= 0.6 is 0 Å². The van der Waals surface area contributed by atoms with Gasteiger partial charge in [0.05, 0.1) is 16.0 Å². The minimum absolute atomic E-state index is 0.0899.